The summed E-state index contributed by atoms with van der Waals surface area (Å²) in [6.07, 6.45) is 2.05. The first-order valence-electron chi connectivity index (χ1n) is 9.29. The molecule has 0 atom stereocenters. The molecule has 0 radical (unpaired) electrons. The number of piperazine rings is 1. The second-order valence-corrected chi connectivity index (χ2v) is 7.87. The second-order valence-electron chi connectivity index (χ2n) is 6.96. The van der Waals surface area contributed by atoms with Crippen LogP contribution < -0.4 is 15.5 Å². The number of aromatic nitrogens is 1. The highest BCUT2D eigenvalue weighted by molar-refractivity contribution is 14.0. The van der Waals surface area contributed by atoms with E-state index in [4.69, 9.17) is 0 Å². The van der Waals surface area contributed by atoms with Gasteiger partial charge >= 0.3 is 0 Å². The highest BCUT2D eigenvalue weighted by atomic mass is 127. The maximum Gasteiger partial charge on any atom is 0.239 e. The number of aryl methyl sites for hydroxylation is 1. The number of carbonyl (C=O) groups is 1. The van der Waals surface area contributed by atoms with Crippen LogP contribution in [0.1, 0.15) is 11.3 Å². The first-order valence-corrected chi connectivity index (χ1v) is 10.1. The molecule has 29 heavy (non-hydrogen) atoms. The van der Waals surface area contributed by atoms with Gasteiger partial charge in [-0.05, 0) is 39.7 Å². The van der Waals surface area contributed by atoms with Crippen LogP contribution in [0.15, 0.2) is 46.0 Å². The van der Waals surface area contributed by atoms with Crippen molar-refractivity contribution in [3.05, 3.63) is 52.3 Å². The standard InChI is InChI=1S/C20H27BrN6O.HI/c1-22-20(26(3)13-18-10-16(21)12-25(18)2)24-11-15-4-6-17(7-5-15)27-9-8-23-19(28)14-27;/h4-7,10,12H,8-9,11,13-14H2,1-3H3,(H,22,24)(H,23,28);1H. The van der Waals surface area contributed by atoms with Crippen LogP contribution in [0.3, 0.4) is 0 Å². The number of anilines is 1. The molecule has 158 valence electrons. The second kappa shape index (κ2) is 10.9. The fourth-order valence-corrected chi connectivity index (χ4v) is 3.86. The number of guanidine groups is 1. The third-order valence-corrected chi connectivity index (χ3v) is 5.27. The molecule has 0 spiro atoms. The van der Waals surface area contributed by atoms with Crippen LogP contribution in [-0.2, 0) is 24.9 Å². The largest absolute Gasteiger partial charge is 0.360 e. The Labute approximate surface area is 197 Å². The van der Waals surface area contributed by atoms with Crippen molar-refractivity contribution in [2.45, 2.75) is 13.1 Å². The fourth-order valence-electron chi connectivity index (χ4n) is 3.29. The van der Waals surface area contributed by atoms with E-state index in [9.17, 15) is 4.79 Å². The fraction of sp³-hybridized carbons (Fsp3) is 0.400. The van der Waals surface area contributed by atoms with Crippen LogP contribution in [0.2, 0.25) is 0 Å². The Hall–Kier alpha value is -1.75. The van der Waals surface area contributed by atoms with Gasteiger partial charge in [-0.1, -0.05) is 12.1 Å². The zero-order chi connectivity index (χ0) is 20.1. The molecule has 3 rings (SSSR count). The highest BCUT2D eigenvalue weighted by Gasteiger charge is 2.16. The van der Waals surface area contributed by atoms with Crippen molar-refractivity contribution < 1.29 is 4.79 Å². The Balaban J connectivity index is 0.00000300. The predicted octanol–water partition coefficient (Wildman–Crippen LogP) is 2.55. The molecule has 7 nitrogen and oxygen atoms in total. The third-order valence-electron chi connectivity index (χ3n) is 4.84. The number of benzene rings is 1. The summed E-state index contributed by atoms with van der Waals surface area (Å²) in [6.45, 7) is 3.41. The number of hydrogen-bond donors (Lipinski definition) is 2. The zero-order valence-corrected chi connectivity index (χ0v) is 20.9. The molecule has 1 aromatic carbocycles. The smallest absolute Gasteiger partial charge is 0.239 e. The first kappa shape index (κ1) is 23.5. The molecule has 2 aromatic rings. The maximum atomic E-state index is 11.6. The van der Waals surface area contributed by atoms with Crippen LogP contribution in [0.25, 0.3) is 0 Å². The van der Waals surface area contributed by atoms with Crippen molar-refractivity contribution >= 4 is 57.5 Å². The van der Waals surface area contributed by atoms with Crippen molar-refractivity contribution in [3.63, 3.8) is 0 Å². The summed E-state index contributed by atoms with van der Waals surface area (Å²) in [5, 5.41) is 6.27. The Kier molecular flexibility index (Phi) is 8.81. The molecule has 9 heteroatoms. The van der Waals surface area contributed by atoms with Crippen LogP contribution in [-0.4, -0.2) is 55.1 Å². The summed E-state index contributed by atoms with van der Waals surface area (Å²) in [5.74, 6) is 0.920. The molecule has 1 aliphatic rings. The molecule has 1 amide bonds. The van der Waals surface area contributed by atoms with Gasteiger partial charge in [0.05, 0.1) is 13.1 Å². The van der Waals surface area contributed by atoms with Crippen LogP contribution >= 0.6 is 39.9 Å². The molecule has 1 fully saturated rings. The van der Waals surface area contributed by atoms with Gasteiger partial charge < -0.3 is 25.0 Å². The van der Waals surface area contributed by atoms with Gasteiger partial charge in [0.15, 0.2) is 5.96 Å². The van der Waals surface area contributed by atoms with Gasteiger partial charge in [0.25, 0.3) is 0 Å². The van der Waals surface area contributed by atoms with E-state index in [0.717, 1.165) is 29.2 Å². The van der Waals surface area contributed by atoms with Gasteiger partial charge in [-0.3, -0.25) is 9.79 Å². The molecule has 1 aliphatic heterocycles. The van der Waals surface area contributed by atoms with Crippen LogP contribution in [0, 0.1) is 0 Å². The zero-order valence-electron chi connectivity index (χ0n) is 17.0. The average molecular weight is 575 g/mol. The summed E-state index contributed by atoms with van der Waals surface area (Å²) >= 11 is 3.52. The average Bonchev–Trinajstić information content (AvgIpc) is 2.99. The number of aliphatic imine (C=N–C) groups is 1. The lowest BCUT2D eigenvalue weighted by Gasteiger charge is -2.28. The minimum Gasteiger partial charge on any atom is -0.360 e. The Bertz CT molecular complexity index is 851. The van der Waals surface area contributed by atoms with E-state index in [0.29, 0.717) is 19.6 Å². The number of carbonyl (C=O) groups excluding carboxylic acids is 1. The monoisotopic (exact) mass is 574 g/mol. The van der Waals surface area contributed by atoms with Gasteiger partial charge in [0.1, 0.15) is 0 Å². The van der Waals surface area contributed by atoms with Gasteiger partial charge in [-0.15, -0.1) is 24.0 Å². The molecule has 2 heterocycles. The third kappa shape index (κ3) is 6.36. The Morgan fingerprint density at radius 2 is 2.07 bits per heavy atom. The minimum absolute atomic E-state index is 0. The lowest BCUT2D eigenvalue weighted by atomic mass is 10.2. The quantitative estimate of drug-likeness (QED) is 0.327. The Morgan fingerprint density at radius 3 is 2.66 bits per heavy atom. The highest BCUT2D eigenvalue weighted by Crippen LogP contribution is 2.17. The summed E-state index contributed by atoms with van der Waals surface area (Å²) in [6, 6.07) is 10.4. The molecule has 0 saturated carbocycles. The topological polar surface area (TPSA) is 64.9 Å². The number of nitrogens with one attached hydrogen (secondary N) is 2. The molecule has 1 saturated heterocycles. The molecule has 0 aliphatic carbocycles. The van der Waals surface area contributed by atoms with Crippen LogP contribution in [0.4, 0.5) is 5.69 Å². The molecule has 1 aromatic heterocycles. The van der Waals surface area contributed by atoms with Crippen molar-refractivity contribution in [1.29, 1.82) is 0 Å². The van der Waals surface area contributed by atoms with Crippen molar-refractivity contribution in [3.8, 4) is 0 Å². The van der Waals surface area contributed by atoms with Crippen molar-refractivity contribution in [2.24, 2.45) is 12.0 Å². The summed E-state index contributed by atoms with van der Waals surface area (Å²) in [5.41, 5.74) is 3.45. The molecular weight excluding hydrogens is 547 g/mol. The van der Waals surface area contributed by atoms with Gasteiger partial charge in [0.2, 0.25) is 5.91 Å². The normalized spacial score (nSPS) is 14.3. The van der Waals surface area contributed by atoms with Gasteiger partial charge in [-0.2, -0.15) is 0 Å². The van der Waals surface area contributed by atoms with E-state index in [2.05, 4.69) is 76.3 Å². The molecule has 0 unspecified atom stereocenters. The van der Waals surface area contributed by atoms with E-state index in [1.165, 1.54) is 11.3 Å². The van der Waals surface area contributed by atoms with E-state index >= 15 is 0 Å². The molecule has 0 bridgehead atoms. The maximum absolute atomic E-state index is 11.6. The lowest BCUT2D eigenvalue weighted by molar-refractivity contribution is -0.120. The van der Waals surface area contributed by atoms with Crippen molar-refractivity contribution in [1.82, 2.24) is 20.1 Å². The van der Waals surface area contributed by atoms with Gasteiger partial charge in [-0.25, -0.2) is 0 Å². The van der Waals surface area contributed by atoms with Gasteiger partial charge in [0, 0.05) is 62.8 Å². The number of halogens is 2. The van der Waals surface area contributed by atoms with Crippen molar-refractivity contribution in [2.75, 3.05) is 38.6 Å². The number of nitrogens with zero attached hydrogens (tertiary/aromatic N) is 4. The van der Waals surface area contributed by atoms with E-state index < -0.39 is 0 Å². The van der Waals surface area contributed by atoms with E-state index in [1.54, 1.807) is 7.05 Å². The molecule has 2 N–H and O–H groups in total. The van der Waals surface area contributed by atoms with Crippen LogP contribution in [0.5, 0.6) is 0 Å². The summed E-state index contributed by atoms with van der Waals surface area (Å²) < 4.78 is 3.18. The Morgan fingerprint density at radius 1 is 1.34 bits per heavy atom. The first-order chi connectivity index (χ1) is 13.5. The summed E-state index contributed by atoms with van der Waals surface area (Å²) in [7, 11) is 5.86. The number of hydrogen-bond acceptors (Lipinski definition) is 3. The summed E-state index contributed by atoms with van der Waals surface area (Å²) in [4.78, 5) is 20.1. The lowest BCUT2D eigenvalue weighted by Crippen LogP contribution is -2.47. The minimum atomic E-state index is 0. The number of rotatable bonds is 5. The van der Waals surface area contributed by atoms with E-state index in [-0.39, 0.29) is 29.9 Å². The SMILES string of the molecule is CN=C(NCc1ccc(N2CCNC(=O)C2)cc1)N(C)Cc1cc(Br)cn1C.I. The van der Waals surface area contributed by atoms with E-state index in [1.807, 2.05) is 20.3 Å². The number of amides is 1. The predicted molar refractivity (Wildman–Crippen MR) is 132 cm³/mol. The molecular formula is C20H28BrIN6O.